The Balaban J connectivity index is 1.94. The molecule has 0 amide bonds. The van der Waals surface area contributed by atoms with Gasteiger partial charge >= 0.3 is 0 Å². The van der Waals surface area contributed by atoms with E-state index in [1.54, 1.807) is 10.4 Å². The van der Waals surface area contributed by atoms with Gasteiger partial charge in [-0.3, -0.25) is 0 Å². The molecule has 0 radical (unpaired) electrons. The van der Waals surface area contributed by atoms with Crippen molar-refractivity contribution in [2.24, 2.45) is 5.92 Å². The Morgan fingerprint density at radius 2 is 2.05 bits per heavy atom. The van der Waals surface area contributed by atoms with Crippen LogP contribution in [0.2, 0.25) is 0 Å². The number of benzene rings is 1. The third-order valence-corrected chi connectivity index (χ3v) is 6.66. The molecule has 1 saturated heterocycles. The van der Waals surface area contributed by atoms with Gasteiger partial charge in [0, 0.05) is 24.8 Å². The molecule has 3 rings (SSSR count). The number of rotatable bonds is 2. The molecule has 0 aliphatic carbocycles. The van der Waals surface area contributed by atoms with Gasteiger partial charge in [-0.25, -0.2) is 8.42 Å². The van der Waals surface area contributed by atoms with E-state index in [4.69, 9.17) is 0 Å². The van der Waals surface area contributed by atoms with Crippen molar-refractivity contribution in [3.63, 3.8) is 0 Å². The lowest BCUT2D eigenvalue weighted by Gasteiger charge is -2.35. The van der Waals surface area contributed by atoms with Gasteiger partial charge in [0.1, 0.15) is 0 Å². The van der Waals surface area contributed by atoms with Gasteiger partial charge in [-0.15, -0.1) is 0 Å². The molecule has 0 aromatic heterocycles. The Labute approximate surface area is 127 Å². The predicted molar refractivity (Wildman–Crippen MR) is 85.0 cm³/mol. The van der Waals surface area contributed by atoms with Gasteiger partial charge in [0.2, 0.25) is 10.0 Å². The number of fused-ring (bicyclic) bond motifs is 1. The van der Waals surface area contributed by atoms with E-state index in [1.807, 2.05) is 19.1 Å². The summed E-state index contributed by atoms with van der Waals surface area (Å²) in [4.78, 5) is 0.427. The highest BCUT2D eigenvalue weighted by Crippen LogP contribution is 2.31. The number of nitrogens with one attached hydrogen (secondary N) is 1. The zero-order valence-electron chi connectivity index (χ0n) is 12.8. The van der Waals surface area contributed by atoms with E-state index in [-0.39, 0.29) is 6.04 Å². The van der Waals surface area contributed by atoms with Crippen molar-refractivity contribution < 1.29 is 8.42 Å². The number of aryl methyl sites for hydroxylation is 1. The van der Waals surface area contributed by atoms with Crippen molar-refractivity contribution in [2.75, 3.05) is 18.4 Å². The summed E-state index contributed by atoms with van der Waals surface area (Å²) in [5.41, 5.74) is 2.21. The Morgan fingerprint density at radius 1 is 1.24 bits per heavy atom. The number of anilines is 1. The molecule has 2 aliphatic rings. The molecule has 4 nitrogen and oxygen atoms in total. The molecule has 2 unspecified atom stereocenters. The van der Waals surface area contributed by atoms with Gasteiger partial charge in [0.15, 0.2) is 0 Å². The Morgan fingerprint density at radius 3 is 2.86 bits per heavy atom. The second-order valence-corrected chi connectivity index (χ2v) is 8.35. The molecule has 2 aliphatic heterocycles. The van der Waals surface area contributed by atoms with Crippen LogP contribution in [-0.2, 0) is 16.4 Å². The van der Waals surface area contributed by atoms with Crippen molar-refractivity contribution >= 4 is 15.7 Å². The Kier molecular flexibility index (Phi) is 3.97. The Bertz CT molecular complexity index is 627. The van der Waals surface area contributed by atoms with E-state index in [1.165, 1.54) is 5.56 Å². The summed E-state index contributed by atoms with van der Waals surface area (Å²) in [6.45, 7) is 5.70. The SMILES string of the molecule is CC1CCC(C)N(S(=O)(=O)c2ccc3c(c2)NCCC3)C1. The van der Waals surface area contributed by atoms with Crippen LogP contribution in [0.3, 0.4) is 0 Å². The van der Waals surface area contributed by atoms with Crippen LogP contribution in [0.1, 0.15) is 38.7 Å². The lowest BCUT2D eigenvalue weighted by Crippen LogP contribution is -2.44. The third-order valence-electron chi connectivity index (χ3n) is 4.69. The summed E-state index contributed by atoms with van der Waals surface area (Å²) in [6, 6.07) is 5.64. The maximum atomic E-state index is 12.9. The average Bonchev–Trinajstić information content (AvgIpc) is 2.49. The molecule has 0 saturated carbocycles. The number of hydrogen-bond acceptors (Lipinski definition) is 3. The first-order chi connectivity index (χ1) is 9.98. The van der Waals surface area contributed by atoms with Crippen molar-refractivity contribution in [2.45, 2.75) is 50.5 Å². The summed E-state index contributed by atoms with van der Waals surface area (Å²) >= 11 is 0. The fourth-order valence-corrected chi connectivity index (χ4v) is 5.13. The fraction of sp³-hybridized carbons (Fsp3) is 0.625. The number of piperidine rings is 1. The van der Waals surface area contributed by atoms with E-state index in [0.29, 0.717) is 17.4 Å². The molecule has 1 N–H and O–H groups in total. The smallest absolute Gasteiger partial charge is 0.243 e. The van der Waals surface area contributed by atoms with Gasteiger partial charge in [-0.2, -0.15) is 4.31 Å². The predicted octanol–water partition coefficient (Wildman–Crippen LogP) is 2.85. The summed E-state index contributed by atoms with van der Waals surface area (Å²) in [7, 11) is -3.38. The summed E-state index contributed by atoms with van der Waals surface area (Å²) in [5.74, 6) is 0.437. The lowest BCUT2D eigenvalue weighted by molar-refractivity contribution is 0.218. The quantitative estimate of drug-likeness (QED) is 0.914. The fourth-order valence-electron chi connectivity index (χ4n) is 3.32. The Hall–Kier alpha value is -1.07. The second kappa shape index (κ2) is 5.61. The van der Waals surface area contributed by atoms with E-state index < -0.39 is 10.0 Å². The zero-order chi connectivity index (χ0) is 15.0. The monoisotopic (exact) mass is 308 g/mol. The molecular weight excluding hydrogens is 284 g/mol. The average molecular weight is 308 g/mol. The van der Waals surface area contributed by atoms with E-state index >= 15 is 0 Å². The highest BCUT2D eigenvalue weighted by Gasteiger charge is 2.33. The number of hydrogen-bond donors (Lipinski definition) is 1. The van der Waals surface area contributed by atoms with Crippen LogP contribution < -0.4 is 5.32 Å². The zero-order valence-corrected chi connectivity index (χ0v) is 13.6. The van der Waals surface area contributed by atoms with Gasteiger partial charge in [0.05, 0.1) is 4.90 Å². The summed E-state index contributed by atoms with van der Waals surface area (Å²) in [6.07, 6.45) is 4.20. The molecule has 2 atom stereocenters. The van der Waals surface area contributed by atoms with Crippen LogP contribution >= 0.6 is 0 Å². The van der Waals surface area contributed by atoms with Crippen molar-refractivity contribution in [1.29, 1.82) is 0 Å². The lowest BCUT2D eigenvalue weighted by atomic mass is 9.97. The first kappa shape index (κ1) is 14.9. The van der Waals surface area contributed by atoms with E-state index in [0.717, 1.165) is 37.9 Å². The maximum absolute atomic E-state index is 12.9. The standard InChI is InChI=1S/C16H24N2O2S/c1-12-5-6-13(2)18(11-12)21(19,20)15-8-7-14-4-3-9-17-16(14)10-15/h7-8,10,12-13,17H,3-6,9,11H2,1-2H3. The molecule has 2 heterocycles. The first-order valence-corrected chi connectivity index (χ1v) is 9.31. The van der Waals surface area contributed by atoms with Crippen LogP contribution in [0.15, 0.2) is 23.1 Å². The van der Waals surface area contributed by atoms with Gasteiger partial charge in [0.25, 0.3) is 0 Å². The summed E-state index contributed by atoms with van der Waals surface area (Å²) in [5, 5.41) is 3.32. The number of nitrogens with zero attached hydrogens (tertiary/aromatic N) is 1. The molecule has 1 aromatic rings. The molecular formula is C16H24N2O2S. The molecule has 21 heavy (non-hydrogen) atoms. The minimum absolute atomic E-state index is 0.0928. The topological polar surface area (TPSA) is 49.4 Å². The highest BCUT2D eigenvalue weighted by molar-refractivity contribution is 7.89. The molecule has 0 bridgehead atoms. The number of sulfonamides is 1. The van der Waals surface area contributed by atoms with Crippen LogP contribution in [-0.4, -0.2) is 31.9 Å². The van der Waals surface area contributed by atoms with E-state index in [9.17, 15) is 8.42 Å². The second-order valence-electron chi connectivity index (χ2n) is 6.46. The van der Waals surface area contributed by atoms with E-state index in [2.05, 4.69) is 12.2 Å². The van der Waals surface area contributed by atoms with Crippen molar-refractivity contribution in [3.05, 3.63) is 23.8 Å². The summed E-state index contributed by atoms with van der Waals surface area (Å²) < 4.78 is 27.5. The molecule has 5 heteroatoms. The largest absolute Gasteiger partial charge is 0.385 e. The minimum Gasteiger partial charge on any atom is -0.385 e. The third kappa shape index (κ3) is 2.81. The first-order valence-electron chi connectivity index (χ1n) is 7.87. The van der Waals surface area contributed by atoms with Crippen LogP contribution in [0.25, 0.3) is 0 Å². The van der Waals surface area contributed by atoms with Crippen LogP contribution in [0.4, 0.5) is 5.69 Å². The van der Waals surface area contributed by atoms with Gasteiger partial charge in [-0.1, -0.05) is 13.0 Å². The molecule has 1 fully saturated rings. The normalized spacial score (nSPS) is 27.0. The van der Waals surface area contributed by atoms with Gasteiger partial charge < -0.3 is 5.32 Å². The maximum Gasteiger partial charge on any atom is 0.243 e. The van der Waals surface area contributed by atoms with Gasteiger partial charge in [-0.05, 0) is 56.2 Å². The molecule has 1 aromatic carbocycles. The minimum atomic E-state index is -3.38. The van der Waals surface area contributed by atoms with Crippen molar-refractivity contribution in [1.82, 2.24) is 4.31 Å². The van der Waals surface area contributed by atoms with Crippen LogP contribution in [0.5, 0.6) is 0 Å². The van der Waals surface area contributed by atoms with Crippen LogP contribution in [0, 0.1) is 5.92 Å². The highest BCUT2D eigenvalue weighted by atomic mass is 32.2. The molecule has 116 valence electrons. The van der Waals surface area contributed by atoms with Crippen molar-refractivity contribution in [3.8, 4) is 0 Å². The molecule has 0 spiro atoms.